The van der Waals surface area contributed by atoms with Gasteiger partial charge < -0.3 is 5.32 Å². The maximum Gasteiger partial charge on any atom is 0.275 e. The largest absolute Gasteiger partial charge is 0.360 e. The topological polar surface area (TPSA) is 72.2 Å². The third-order valence-electron chi connectivity index (χ3n) is 3.84. The second-order valence-electron chi connectivity index (χ2n) is 5.65. The van der Waals surface area contributed by atoms with E-state index in [0.717, 1.165) is 47.2 Å². The lowest BCUT2D eigenvalue weighted by molar-refractivity contribution is 0.839. The van der Waals surface area contributed by atoms with E-state index in [1.165, 1.54) is 20.6 Å². The number of anilines is 1. The Labute approximate surface area is 152 Å². The molecule has 6 nitrogen and oxygen atoms in total. The molecule has 0 radical (unpaired) electrons. The molecule has 0 aliphatic heterocycles. The molecule has 0 aliphatic rings. The average Bonchev–Trinajstić information content (AvgIpc) is 3.22. The maximum absolute atomic E-state index is 12.0. The molecule has 3 heterocycles. The van der Waals surface area contributed by atoms with Gasteiger partial charge in [-0.05, 0) is 25.0 Å². The van der Waals surface area contributed by atoms with E-state index in [0.29, 0.717) is 4.96 Å². The SMILES string of the molecule is CCc1cc(=O)n2nc(NCCCc3nc4ccccc4s3)sc2n1. The van der Waals surface area contributed by atoms with Crippen LogP contribution in [-0.4, -0.2) is 26.1 Å². The summed E-state index contributed by atoms with van der Waals surface area (Å²) in [4.78, 5) is 21.7. The lowest BCUT2D eigenvalue weighted by atomic mass is 10.3. The van der Waals surface area contributed by atoms with E-state index in [9.17, 15) is 4.79 Å². The van der Waals surface area contributed by atoms with Crippen molar-refractivity contribution in [2.45, 2.75) is 26.2 Å². The molecule has 0 aliphatic carbocycles. The molecule has 128 valence electrons. The standard InChI is InChI=1S/C17H17N5OS2/c1-2-11-10-15(23)22-17(19-11)25-16(21-22)18-9-5-8-14-20-12-6-3-4-7-13(12)24-14/h3-4,6-7,10H,2,5,8-9H2,1H3,(H,18,21). The van der Waals surface area contributed by atoms with Gasteiger partial charge in [0.1, 0.15) is 0 Å². The quantitative estimate of drug-likeness (QED) is 0.526. The number of nitrogens with one attached hydrogen (secondary N) is 1. The van der Waals surface area contributed by atoms with Crippen LogP contribution in [0.4, 0.5) is 5.13 Å². The van der Waals surface area contributed by atoms with E-state index in [1.54, 1.807) is 17.4 Å². The normalized spacial score (nSPS) is 11.4. The van der Waals surface area contributed by atoms with Crippen LogP contribution in [0.1, 0.15) is 24.0 Å². The minimum absolute atomic E-state index is 0.124. The summed E-state index contributed by atoms with van der Waals surface area (Å²) in [5.74, 6) is 0. The van der Waals surface area contributed by atoms with E-state index >= 15 is 0 Å². The number of nitrogens with zero attached hydrogens (tertiary/aromatic N) is 4. The summed E-state index contributed by atoms with van der Waals surface area (Å²) in [6.07, 6.45) is 2.63. The van der Waals surface area contributed by atoms with Gasteiger partial charge in [-0.2, -0.15) is 4.52 Å². The predicted octanol–water partition coefficient (Wildman–Crippen LogP) is 3.37. The highest BCUT2D eigenvalue weighted by molar-refractivity contribution is 7.20. The molecule has 0 saturated heterocycles. The molecule has 0 fully saturated rings. The van der Waals surface area contributed by atoms with Gasteiger partial charge in [-0.15, -0.1) is 16.4 Å². The van der Waals surface area contributed by atoms with Crippen LogP contribution in [0.3, 0.4) is 0 Å². The maximum atomic E-state index is 12.0. The van der Waals surface area contributed by atoms with Gasteiger partial charge in [-0.25, -0.2) is 9.97 Å². The molecule has 0 spiro atoms. The number of hydrogen-bond donors (Lipinski definition) is 1. The summed E-state index contributed by atoms with van der Waals surface area (Å²) >= 11 is 3.15. The highest BCUT2D eigenvalue weighted by Crippen LogP contribution is 2.22. The number of benzene rings is 1. The molecule has 0 atom stereocenters. The molecular weight excluding hydrogens is 354 g/mol. The molecule has 0 unspecified atom stereocenters. The molecule has 1 N–H and O–H groups in total. The molecule has 1 aromatic carbocycles. The minimum Gasteiger partial charge on any atom is -0.360 e. The zero-order valence-corrected chi connectivity index (χ0v) is 15.4. The van der Waals surface area contributed by atoms with Crippen molar-refractivity contribution in [1.29, 1.82) is 0 Å². The van der Waals surface area contributed by atoms with Crippen LogP contribution < -0.4 is 10.9 Å². The second-order valence-corrected chi connectivity index (χ2v) is 7.72. The number of aromatic nitrogens is 4. The Kier molecular flexibility index (Phi) is 4.46. The van der Waals surface area contributed by atoms with Crippen LogP contribution >= 0.6 is 22.7 Å². The Morgan fingerprint density at radius 2 is 2.08 bits per heavy atom. The van der Waals surface area contributed by atoms with Crippen molar-refractivity contribution in [1.82, 2.24) is 19.6 Å². The van der Waals surface area contributed by atoms with Crippen molar-refractivity contribution < 1.29 is 0 Å². The monoisotopic (exact) mass is 371 g/mol. The smallest absolute Gasteiger partial charge is 0.275 e. The number of fused-ring (bicyclic) bond motifs is 2. The van der Waals surface area contributed by atoms with Gasteiger partial charge in [0.15, 0.2) is 0 Å². The van der Waals surface area contributed by atoms with Crippen molar-refractivity contribution in [3.05, 3.63) is 51.4 Å². The lowest BCUT2D eigenvalue weighted by Gasteiger charge is -1.99. The van der Waals surface area contributed by atoms with E-state index in [1.807, 2.05) is 25.1 Å². The zero-order chi connectivity index (χ0) is 17.2. The zero-order valence-electron chi connectivity index (χ0n) is 13.7. The first-order chi connectivity index (χ1) is 12.2. The minimum atomic E-state index is -0.124. The van der Waals surface area contributed by atoms with Crippen molar-refractivity contribution in [3.8, 4) is 0 Å². The Hall–Kier alpha value is -2.32. The van der Waals surface area contributed by atoms with Crippen LogP contribution in [0.15, 0.2) is 35.1 Å². The Bertz CT molecular complexity index is 1050. The first kappa shape index (κ1) is 16.2. The predicted molar refractivity (Wildman–Crippen MR) is 103 cm³/mol. The molecule has 4 rings (SSSR count). The number of thiazole rings is 1. The Balaban J connectivity index is 1.39. The summed E-state index contributed by atoms with van der Waals surface area (Å²) in [7, 11) is 0. The van der Waals surface area contributed by atoms with Crippen molar-refractivity contribution >= 4 is 43.0 Å². The second kappa shape index (κ2) is 6.89. The van der Waals surface area contributed by atoms with Gasteiger partial charge >= 0.3 is 0 Å². The number of para-hydroxylation sites is 1. The van der Waals surface area contributed by atoms with E-state index in [2.05, 4.69) is 26.4 Å². The number of rotatable bonds is 6. The highest BCUT2D eigenvalue weighted by Gasteiger charge is 2.08. The van der Waals surface area contributed by atoms with Gasteiger partial charge in [0, 0.05) is 24.7 Å². The number of hydrogen-bond acceptors (Lipinski definition) is 7. The first-order valence-electron chi connectivity index (χ1n) is 8.21. The molecule has 0 amide bonds. The molecule has 8 heteroatoms. The van der Waals surface area contributed by atoms with Crippen molar-refractivity contribution in [2.75, 3.05) is 11.9 Å². The molecule has 4 aromatic rings. The van der Waals surface area contributed by atoms with Gasteiger partial charge in [0.2, 0.25) is 10.1 Å². The molecule has 0 saturated carbocycles. The van der Waals surface area contributed by atoms with Gasteiger partial charge in [0.25, 0.3) is 5.56 Å². The molecule has 0 bridgehead atoms. The van der Waals surface area contributed by atoms with Crippen LogP contribution in [0.25, 0.3) is 15.2 Å². The fraction of sp³-hybridized carbons (Fsp3) is 0.294. The third-order valence-corrected chi connectivity index (χ3v) is 5.80. The first-order valence-corrected chi connectivity index (χ1v) is 9.84. The molecule has 3 aromatic heterocycles. The van der Waals surface area contributed by atoms with E-state index < -0.39 is 0 Å². The summed E-state index contributed by atoms with van der Waals surface area (Å²) < 4.78 is 2.59. The Morgan fingerprint density at radius 1 is 1.20 bits per heavy atom. The average molecular weight is 371 g/mol. The van der Waals surface area contributed by atoms with Gasteiger partial charge in [-0.1, -0.05) is 30.4 Å². The van der Waals surface area contributed by atoms with E-state index in [-0.39, 0.29) is 5.56 Å². The fourth-order valence-corrected chi connectivity index (χ4v) is 4.43. The summed E-state index contributed by atoms with van der Waals surface area (Å²) in [5, 5.41) is 9.47. The van der Waals surface area contributed by atoms with Gasteiger partial charge in [0.05, 0.1) is 15.2 Å². The van der Waals surface area contributed by atoms with Crippen LogP contribution in [0, 0.1) is 0 Å². The summed E-state index contributed by atoms with van der Waals surface area (Å²) in [5.41, 5.74) is 1.75. The van der Waals surface area contributed by atoms with E-state index in [4.69, 9.17) is 0 Å². The summed E-state index contributed by atoms with van der Waals surface area (Å²) in [6, 6.07) is 9.75. The number of aryl methyl sites for hydroxylation is 2. The van der Waals surface area contributed by atoms with Gasteiger partial charge in [-0.3, -0.25) is 4.79 Å². The van der Waals surface area contributed by atoms with Crippen molar-refractivity contribution in [2.24, 2.45) is 0 Å². The summed E-state index contributed by atoms with van der Waals surface area (Å²) in [6.45, 7) is 2.77. The molecule has 25 heavy (non-hydrogen) atoms. The van der Waals surface area contributed by atoms with Crippen molar-refractivity contribution in [3.63, 3.8) is 0 Å². The third kappa shape index (κ3) is 3.40. The van der Waals surface area contributed by atoms with Crippen LogP contribution in [0.5, 0.6) is 0 Å². The Morgan fingerprint density at radius 3 is 2.92 bits per heavy atom. The van der Waals surface area contributed by atoms with Crippen LogP contribution in [-0.2, 0) is 12.8 Å². The highest BCUT2D eigenvalue weighted by atomic mass is 32.1. The lowest BCUT2D eigenvalue weighted by Crippen LogP contribution is -2.15. The molecular formula is C17H17N5OS2. The van der Waals surface area contributed by atoms with Crippen LogP contribution in [0.2, 0.25) is 0 Å². The fourth-order valence-electron chi connectivity index (χ4n) is 2.57.